The molecule has 0 aliphatic rings. The molecule has 0 radical (unpaired) electrons. The molecule has 0 fully saturated rings. The van der Waals surface area contributed by atoms with Crippen LogP contribution in [0, 0.1) is 18.6 Å². The number of aromatic amines is 2. The van der Waals surface area contributed by atoms with Gasteiger partial charge >= 0.3 is 0 Å². The third-order valence-electron chi connectivity index (χ3n) is 3.16. The molecule has 2 heterocycles. The Labute approximate surface area is 132 Å². The molecule has 0 aliphatic carbocycles. The summed E-state index contributed by atoms with van der Waals surface area (Å²) < 4.78 is 1.34. The number of fused-ring (bicyclic) bond motifs is 1. The first kappa shape index (κ1) is 13.7. The van der Waals surface area contributed by atoms with E-state index in [9.17, 15) is 4.79 Å². The monoisotopic (exact) mass is 366 g/mol. The number of thiophene rings is 1. The van der Waals surface area contributed by atoms with Crippen molar-refractivity contribution in [2.45, 2.75) is 13.8 Å². The Hall–Kier alpha value is -1.24. The van der Waals surface area contributed by atoms with Crippen LogP contribution < -0.4 is 5.56 Å². The van der Waals surface area contributed by atoms with Gasteiger partial charge in [-0.25, -0.2) is 0 Å². The normalized spacial score (nSPS) is 11.2. The van der Waals surface area contributed by atoms with Gasteiger partial charge in [-0.3, -0.25) is 9.78 Å². The third kappa shape index (κ3) is 2.17. The van der Waals surface area contributed by atoms with Crippen LogP contribution in [-0.4, -0.2) is 9.97 Å². The highest BCUT2D eigenvalue weighted by atomic mass is 79.9. The maximum atomic E-state index is 12.3. The van der Waals surface area contributed by atoms with Gasteiger partial charge in [0, 0.05) is 14.9 Å². The molecular formula is C14H11BrN2OS2. The van der Waals surface area contributed by atoms with Crippen molar-refractivity contribution in [2.24, 2.45) is 0 Å². The van der Waals surface area contributed by atoms with Crippen LogP contribution in [0.1, 0.15) is 10.4 Å². The van der Waals surface area contributed by atoms with Crippen LogP contribution >= 0.6 is 39.5 Å². The Balaban J connectivity index is 2.48. The van der Waals surface area contributed by atoms with Gasteiger partial charge in [-0.2, -0.15) is 0 Å². The van der Waals surface area contributed by atoms with E-state index in [-0.39, 0.29) is 5.56 Å². The first-order valence-corrected chi connectivity index (χ1v) is 8.01. The second kappa shape index (κ2) is 4.95. The number of benzene rings is 1. The molecule has 0 bridgehead atoms. The van der Waals surface area contributed by atoms with Crippen molar-refractivity contribution in [3.63, 3.8) is 0 Å². The standard InChI is InChI=1S/C14H11BrN2OS2/c1-6-3-4-9(15)8(5-6)10-7(2)20-13-11(10)12(18)16-14(19)17-13/h3-5H,1-2H3,(H2,16,17,18,19). The lowest BCUT2D eigenvalue weighted by Crippen LogP contribution is -2.07. The Kier molecular flexibility index (Phi) is 3.40. The predicted octanol–water partition coefficient (Wildman–Crippen LogP) is 4.69. The topological polar surface area (TPSA) is 48.6 Å². The molecule has 0 atom stereocenters. The maximum absolute atomic E-state index is 12.3. The van der Waals surface area contributed by atoms with Crippen molar-refractivity contribution in [3.05, 3.63) is 48.2 Å². The van der Waals surface area contributed by atoms with E-state index in [2.05, 4.69) is 32.0 Å². The minimum Gasteiger partial charge on any atom is -0.323 e. The van der Waals surface area contributed by atoms with Gasteiger partial charge in [0.25, 0.3) is 5.56 Å². The van der Waals surface area contributed by atoms with E-state index >= 15 is 0 Å². The third-order valence-corrected chi connectivity index (χ3v) is 5.07. The molecule has 6 heteroatoms. The van der Waals surface area contributed by atoms with E-state index in [1.54, 1.807) is 11.3 Å². The second-order valence-corrected chi connectivity index (χ2v) is 7.12. The average Bonchev–Trinajstić information content (AvgIpc) is 2.68. The number of rotatable bonds is 1. The molecule has 0 saturated carbocycles. The zero-order chi connectivity index (χ0) is 14.4. The number of halogens is 1. The molecule has 0 unspecified atom stereocenters. The van der Waals surface area contributed by atoms with E-state index in [1.165, 1.54) is 0 Å². The molecule has 1 aromatic carbocycles. The summed E-state index contributed by atoms with van der Waals surface area (Å²) in [6.45, 7) is 4.06. The minimum absolute atomic E-state index is 0.142. The zero-order valence-corrected chi connectivity index (χ0v) is 14.1. The average molecular weight is 367 g/mol. The molecule has 0 aliphatic heterocycles. The lowest BCUT2D eigenvalue weighted by molar-refractivity contribution is 1.15. The minimum atomic E-state index is -0.142. The second-order valence-electron chi connectivity index (χ2n) is 4.63. The molecule has 0 amide bonds. The van der Waals surface area contributed by atoms with Crippen molar-refractivity contribution in [1.82, 2.24) is 9.97 Å². The fraction of sp³-hybridized carbons (Fsp3) is 0.143. The van der Waals surface area contributed by atoms with E-state index in [0.717, 1.165) is 30.9 Å². The molecule has 3 rings (SSSR count). The van der Waals surface area contributed by atoms with Crippen LogP contribution in [0.3, 0.4) is 0 Å². The van der Waals surface area contributed by atoms with Gasteiger partial charge in [-0.1, -0.05) is 33.6 Å². The predicted molar refractivity (Wildman–Crippen MR) is 90.2 cm³/mol. The molecule has 0 saturated heterocycles. The molecule has 2 N–H and O–H groups in total. The van der Waals surface area contributed by atoms with Gasteiger partial charge in [0.2, 0.25) is 0 Å². The van der Waals surface area contributed by atoms with E-state index in [4.69, 9.17) is 12.2 Å². The van der Waals surface area contributed by atoms with Gasteiger partial charge in [0.15, 0.2) is 4.77 Å². The zero-order valence-electron chi connectivity index (χ0n) is 10.8. The fourth-order valence-electron chi connectivity index (χ4n) is 2.30. The number of H-pyrrole nitrogens is 2. The summed E-state index contributed by atoms with van der Waals surface area (Å²) in [5, 5.41) is 0.674. The Morgan fingerprint density at radius 3 is 2.75 bits per heavy atom. The first-order valence-electron chi connectivity index (χ1n) is 5.99. The van der Waals surface area contributed by atoms with Gasteiger partial charge in [0.05, 0.1) is 5.39 Å². The number of hydrogen-bond acceptors (Lipinski definition) is 3. The number of nitrogens with one attached hydrogen (secondary N) is 2. The Bertz CT molecular complexity index is 936. The highest BCUT2D eigenvalue weighted by Gasteiger charge is 2.17. The van der Waals surface area contributed by atoms with Crippen LogP contribution in [-0.2, 0) is 0 Å². The maximum Gasteiger partial charge on any atom is 0.261 e. The van der Waals surface area contributed by atoms with E-state index in [0.29, 0.717) is 10.2 Å². The highest BCUT2D eigenvalue weighted by Crippen LogP contribution is 2.39. The summed E-state index contributed by atoms with van der Waals surface area (Å²) in [6, 6.07) is 6.13. The van der Waals surface area contributed by atoms with Gasteiger partial charge in [-0.05, 0) is 37.7 Å². The van der Waals surface area contributed by atoms with Crippen LogP contribution in [0.4, 0.5) is 0 Å². The molecule has 3 nitrogen and oxygen atoms in total. The lowest BCUT2D eigenvalue weighted by atomic mass is 10.0. The molecule has 2 aromatic heterocycles. The molecule has 0 spiro atoms. The summed E-state index contributed by atoms with van der Waals surface area (Å²) in [6.07, 6.45) is 0. The largest absolute Gasteiger partial charge is 0.323 e. The van der Waals surface area contributed by atoms with Gasteiger partial charge < -0.3 is 4.98 Å². The fourth-order valence-corrected chi connectivity index (χ4v) is 4.08. The molecule has 20 heavy (non-hydrogen) atoms. The number of hydrogen-bond donors (Lipinski definition) is 2. The molecular weight excluding hydrogens is 356 g/mol. The Morgan fingerprint density at radius 2 is 2.00 bits per heavy atom. The first-order chi connectivity index (χ1) is 9.47. The SMILES string of the molecule is Cc1ccc(Br)c(-c2c(C)sc3[nH]c(=S)[nH]c(=O)c23)c1. The molecule has 102 valence electrons. The van der Waals surface area contributed by atoms with Crippen molar-refractivity contribution >= 4 is 49.7 Å². The number of aryl methyl sites for hydroxylation is 2. The summed E-state index contributed by atoms with van der Waals surface area (Å²) >= 11 is 10.2. The highest BCUT2D eigenvalue weighted by molar-refractivity contribution is 9.10. The van der Waals surface area contributed by atoms with Crippen LogP contribution in [0.25, 0.3) is 21.3 Å². The van der Waals surface area contributed by atoms with Crippen molar-refractivity contribution in [2.75, 3.05) is 0 Å². The van der Waals surface area contributed by atoms with Crippen LogP contribution in [0.5, 0.6) is 0 Å². The van der Waals surface area contributed by atoms with Crippen molar-refractivity contribution in [3.8, 4) is 11.1 Å². The van der Waals surface area contributed by atoms with Crippen LogP contribution in [0.15, 0.2) is 27.5 Å². The van der Waals surface area contributed by atoms with Gasteiger partial charge in [-0.15, -0.1) is 11.3 Å². The summed E-state index contributed by atoms with van der Waals surface area (Å²) in [7, 11) is 0. The smallest absolute Gasteiger partial charge is 0.261 e. The lowest BCUT2D eigenvalue weighted by Gasteiger charge is -2.06. The Morgan fingerprint density at radius 1 is 1.25 bits per heavy atom. The van der Waals surface area contributed by atoms with E-state index < -0.39 is 0 Å². The van der Waals surface area contributed by atoms with Crippen molar-refractivity contribution in [1.29, 1.82) is 0 Å². The van der Waals surface area contributed by atoms with Crippen molar-refractivity contribution < 1.29 is 0 Å². The van der Waals surface area contributed by atoms with E-state index in [1.807, 2.05) is 26.0 Å². The summed E-state index contributed by atoms with van der Waals surface area (Å²) in [5.41, 5.74) is 3.01. The number of aromatic nitrogens is 2. The van der Waals surface area contributed by atoms with Gasteiger partial charge in [0.1, 0.15) is 4.83 Å². The summed E-state index contributed by atoms with van der Waals surface area (Å²) in [5.74, 6) is 0. The van der Waals surface area contributed by atoms with Crippen LogP contribution in [0.2, 0.25) is 0 Å². The molecule has 3 aromatic rings. The quantitative estimate of drug-likeness (QED) is 0.613. The summed E-state index contributed by atoms with van der Waals surface area (Å²) in [4.78, 5) is 19.9.